The minimum atomic E-state index is -0.278. The summed E-state index contributed by atoms with van der Waals surface area (Å²) in [6.45, 7) is 1.94. The van der Waals surface area contributed by atoms with Gasteiger partial charge in [-0.3, -0.25) is 4.57 Å². The topological polar surface area (TPSA) is 30.7 Å². The molecule has 0 fully saturated rings. The highest BCUT2D eigenvalue weighted by Gasteiger charge is 2.14. The van der Waals surface area contributed by atoms with Gasteiger partial charge in [-0.05, 0) is 36.8 Å². The number of rotatable bonds is 3. The Balaban J connectivity index is 2.33. The van der Waals surface area contributed by atoms with Crippen molar-refractivity contribution < 1.29 is 4.39 Å². The number of pyridine rings is 1. The first kappa shape index (κ1) is 13.1. The summed E-state index contributed by atoms with van der Waals surface area (Å²) in [4.78, 5) is 8.91. The molecule has 102 valence electrons. The molecule has 0 amide bonds. The second-order valence-corrected chi connectivity index (χ2v) is 4.96. The standard InChI is InChI=1S/C15H13ClFN3/c1-10-4-5-11(17)9-13(10)20-14(6-7-16)19-12-3-2-8-18-15(12)20/h2-5,8-9H,6-7H2,1H3. The third-order valence-corrected chi connectivity index (χ3v) is 3.40. The number of halogens is 2. The molecule has 0 aliphatic heterocycles. The summed E-state index contributed by atoms with van der Waals surface area (Å²) in [7, 11) is 0. The van der Waals surface area contributed by atoms with Gasteiger partial charge in [-0.15, -0.1) is 11.6 Å². The molecule has 2 aromatic heterocycles. The van der Waals surface area contributed by atoms with Gasteiger partial charge in [-0.25, -0.2) is 14.4 Å². The molecule has 0 aliphatic carbocycles. The maximum absolute atomic E-state index is 13.6. The Hall–Kier alpha value is -1.94. The SMILES string of the molecule is Cc1ccc(F)cc1-n1c(CCCl)nc2cccnc21. The number of aryl methyl sites for hydroxylation is 2. The monoisotopic (exact) mass is 289 g/mol. The van der Waals surface area contributed by atoms with Gasteiger partial charge in [0.1, 0.15) is 17.2 Å². The first-order chi connectivity index (χ1) is 9.70. The van der Waals surface area contributed by atoms with E-state index < -0.39 is 0 Å². The first-order valence-electron chi connectivity index (χ1n) is 6.35. The summed E-state index contributed by atoms with van der Waals surface area (Å²) in [5.41, 5.74) is 3.23. The van der Waals surface area contributed by atoms with Crippen LogP contribution in [0, 0.1) is 12.7 Å². The molecule has 1 aromatic carbocycles. The molecule has 20 heavy (non-hydrogen) atoms. The van der Waals surface area contributed by atoms with E-state index in [-0.39, 0.29) is 5.82 Å². The van der Waals surface area contributed by atoms with E-state index in [1.807, 2.05) is 23.6 Å². The van der Waals surface area contributed by atoms with E-state index >= 15 is 0 Å². The van der Waals surface area contributed by atoms with Crippen molar-refractivity contribution in [3.8, 4) is 5.69 Å². The molecule has 0 saturated heterocycles. The summed E-state index contributed by atoms with van der Waals surface area (Å²) in [5.74, 6) is 0.972. The third-order valence-electron chi connectivity index (χ3n) is 3.22. The number of fused-ring (bicyclic) bond motifs is 1. The van der Waals surface area contributed by atoms with Crippen LogP contribution in [0.1, 0.15) is 11.4 Å². The predicted octanol–water partition coefficient (Wildman–Crippen LogP) is 3.65. The third kappa shape index (κ3) is 2.16. The van der Waals surface area contributed by atoms with E-state index in [9.17, 15) is 4.39 Å². The van der Waals surface area contributed by atoms with E-state index in [1.165, 1.54) is 12.1 Å². The van der Waals surface area contributed by atoms with Crippen molar-refractivity contribution in [3.63, 3.8) is 0 Å². The molecule has 5 heteroatoms. The summed E-state index contributed by atoms with van der Waals surface area (Å²) >= 11 is 5.85. The zero-order chi connectivity index (χ0) is 14.1. The quantitative estimate of drug-likeness (QED) is 0.689. The van der Waals surface area contributed by atoms with Crippen molar-refractivity contribution in [1.82, 2.24) is 14.5 Å². The molecule has 3 rings (SSSR count). The van der Waals surface area contributed by atoms with Crippen molar-refractivity contribution >= 4 is 22.8 Å². The Morgan fingerprint density at radius 1 is 1.30 bits per heavy atom. The van der Waals surface area contributed by atoms with Gasteiger partial charge < -0.3 is 0 Å². The molecule has 3 nitrogen and oxygen atoms in total. The Kier molecular flexibility index (Phi) is 3.40. The second kappa shape index (κ2) is 5.21. The molecule has 0 unspecified atom stereocenters. The molecule has 0 saturated carbocycles. The lowest BCUT2D eigenvalue weighted by Gasteiger charge is -2.11. The molecule has 3 aromatic rings. The van der Waals surface area contributed by atoms with Crippen LogP contribution in [0.15, 0.2) is 36.5 Å². The van der Waals surface area contributed by atoms with Crippen LogP contribution in [0.5, 0.6) is 0 Å². The Labute approximate surface area is 121 Å². The highest BCUT2D eigenvalue weighted by atomic mass is 35.5. The smallest absolute Gasteiger partial charge is 0.164 e. The molecule has 0 atom stereocenters. The Morgan fingerprint density at radius 2 is 2.15 bits per heavy atom. The number of benzene rings is 1. The minimum Gasteiger partial charge on any atom is -0.280 e. The van der Waals surface area contributed by atoms with Crippen molar-refractivity contribution in [2.75, 3.05) is 5.88 Å². The van der Waals surface area contributed by atoms with Gasteiger partial charge in [0.05, 0.1) is 5.69 Å². The molecule has 0 aliphatic rings. The van der Waals surface area contributed by atoms with E-state index in [2.05, 4.69) is 9.97 Å². The summed E-state index contributed by atoms with van der Waals surface area (Å²) in [6.07, 6.45) is 2.31. The highest BCUT2D eigenvalue weighted by Crippen LogP contribution is 2.23. The van der Waals surface area contributed by atoms with Crippen molar-refractivity contribution in [3.05, 3.63) is 53.7 Å². The molecule has 0 radical (unpaired) electrons. The lowest BCUT2D eigenvalue weighted by Crippen LogP contribution is -2.05. The molecule has 2 heterocycles. The number of nitrogens with zero attached hydrogens (tertiary/aromatic N) is 3. The normalized spacial score (nSPS) is 11.2. The van der Waals surface area contributed by atoms with Crippen LogP contribution in [0.4, 0.5) is 4.39 Å². The van der Waals surface area contributed by atoms with E-state index in [4.69, 9.17) is 11.6 Å². The lowest BCUT2D eigenvalue weighted by atomic mass is 10.2. The Bertz CT molecular complexity index is 767. The number of alkyl halides is 1. The highest BCUT2D eigenvalue weighted by molar-refractivity contribution is 6.17. The molecule has 0 N–H and O–H groups in total. The van der Waals surface area contributed by atoms with Crippen LogP contribution in [-0.4, -0.2) is 20.4 Å². The number of hydrogen-bond acceptors (Lipinski definition) is 2. The van der Waals surface area contributed by atoms with Crippen molar-refractivity contribution in [2.45, 2.75) is 13.3 Å². The van der Waals surface area contributed by atoms with Crippen LogP contribution in [0.25, 0.3) is 16.9 Å². The van der Waals surface area contributed by atoms with Gasteiger partial charge in [0, 0.05) is 18.5 Å². The maximum atomic E-state index is 13.6. The zero-order valence-corrected chi connectivity index (χ0v) is 11.7. The van der Waals surface area contributed by atoms with Crippen LogP contribution < -0.4 is 0 Å². The number of hydrogen-bond donors (Lipinski definition) is 0. The maximum Gasteiger partial charge on any atom is 0.164 e. The van der Waals surface area contributed by atoms with E-state index in [0.717, 1.165) is 28.2 Å². The first-order valence-corrected chi connectivity index (χ1v) is 6.89. The average molecular weight is 290 g/mol. The fourth-order valence-electron chi connectivity index (χ4n) is 2.29. The van der Waals surface area contributed by atoms with Crippen LogP contribution >= 0.6 is 11.6 Å². The van der Waals surface area contributed by atoms with Gasteiger partial charge in [0.15, 0.2) is 5.65 Å². The Morgan fingerprint density at radius 3 is 2.95 bits per heavy atom. The van der Waals surface area contributed by atoms with E-state index in [0.29, 0.717) is 12.3 Å². The number of imidazole rings is 1. The largest absolute Gasteiger partial charge is 0.280 e. The molecular formula is C15H13ClFN3. The van der Waals surface area contributed by atoms with Crippen LogP contribution in [-0.2, 0) is 6.42 Å². The summed E-state index contributed by atoms with van der Waals surface area (Å²) in [5, 5.41) is 0. The predicted molar refractivity (Wildman–Crippen MR) is 78.0 cm³/mol. The zero-order valence-electron chi connectivity index (χ0n) is 11.0. The van der Waals surface area contributed by atoms with Gasteiger partial charge in [0.25, 0.3) is 0 Å². The van der Waals surface area contributed by atoms with Crippen molar-refractivity contribution in [1.29, 1.82) is 0 Å². The van der Waals surface area contributed by atoms with Crippen LogP contribution in [0.2, 0.25) is 0 Å². The van der Waals surface area contributed by atoms with Crippen molar-refractivity contribution in [2.24, 2.45) is 0 Å². The summed E-state index contributed by atoms with van der Waals surface area (Å²) < 4.78 is 15.5. The molecular weight excluding hydrogens is 277 g/mol. The average Bonchev–Trinajstić information content (AvgIpc) is 2.80. The molecule has 0 spiro atoms. The minimum absolute atomic E-state index is 0.278. The van der Waals surface area contributed by atoms with E-state index in [1.54, 1.807) is 12.3 Å². The fraction of sp³-hybridized carbons (Fsp3) is 0.200. The molecule has 0 bridgehead atoms. The van der Waals surface area contributed by atoms with Gasteiger partial charge in [0.2, 0.25) is 0 Å². The van der Waals surface area contributed by atoms with Crippen LogP contribution in [0.3, 0.4) is 0 Å². The van der Waals surface area contributed by atoms with Gasteiger partial charge in [-0.1, -0.05) is 6.07 Å². The lowest BCUT2D eigenvalue weighted by molar-refractivity contribution is 0.626. The second-order valence-electron chi connectivity index (χ2n) is 4.58. The summed E-state index contributed by atoms with van der Waals surface area (Å²) in [6, 6.07) is 8.44. The van der Waals surface area contributed by atoms with Gasteiger partial charge in [-0.2, -0.15) is 0 Å². The van der Waals surface area contributed by atoms with Gasteiger partial charge >= 0.3 is 0 Å². The fourth-order valence-corrected chi connectivity index (χ4v) is 2.46. The number of aromatic nitrogens is 3.